The van der Waals surface area contributed by atoms with Gasteiger partial charge in [-0.15, -0.1) is 0 Å². The maximum atomic E-state index is 12.3. The van der Waals surface area contributed by atoms with Crippen LogP contribution in [-0.4, -0.2) is 35.5 Å². The predicted molar refractivity (Wildman–Crippen MR) is 98.3 cm³/mol. The summed E-state index contributed by atoms with van der Waals surface area (Å²) in [5.74, 6) is 1.23. The van der Waals surface area contributed by atoms with E-state index in [4.69, 9.17) is 14.2 Å². The summed E-state index contributed by atoms with van der Waals surface area (Å²) in [4.78, 5) is 0. The van der Waals surface area contributed by atoms with E-state index in [9.17, 15) is 8.42 Å². The van der Waals surface area contributed by atoms with E-state index in [0.29, 0.717) is 35.8 Å². The summed E-state index contributed by atoms with van der Waals surface area (Å²) in [5, 5.41) is 0. The number of nitrogens with one attached hydrogen (secondary N) is 1. The molecule has 136 valence electrons. The van der Waals surface area contributed by atoms with Gasteiger partial charge in [0.1, 0.15) is 0 Å². The summed E-state index contributed by atoms with van der Waals surface area (Å²) in [6.07, 6.45) is 1.24. The Kier molecular flexibility index (Phi) is 6.52. The summed E-state index contributed by atoms with van der Waals surface area (Å²) in [6.45, 7) is 0. The van der Waals surface area contributed by atoms with Crippen LogP contribution in [0.4, 0.5) is 5.69 Å². The molecule has 2 rings (SSSR count). The second-order valence-corrected chi connectivity index (χ2v) is 7.27. The Morgan fingerprint density at radius 2 is 1.52 bits per heavy atom. The predicted octanol–water partition coefficient (Wildman–Crippen LogP) is 3.09. The smallest absolute Gasteiger partial charge is 0.232 e. The first-order valence-electron chi connectivity index (χ1n) is 7.83. The maximum Gasteiger partial charge on any atom is 0.232 e. The third-order valence-corrected chi connectivity index (χ3v) is 5.03. The highest BCUT2D eigenvalue weighted by atomic mass is 32.2. The molecule has 25 heavy (non-hydrogen) atoms. The maximum absolute atomic E-state index is 12.3. The Hall–Kier alpha value is -2.41. The van der Waals surface area contributed by atoms with Crippen LogP contribution in [0, 0.1) is 0 Å². The van der Waals surface area contributed by atoms with Crippen molar-refractivity contribution in [1.29, 1.82) is 0 Å². The molecule has 0 heterocycles. The molecular weight excluding hydrogens is 342 g/mol. The fourth-order valence-corrected chi connectivity index (χ4v) is 3.58. The van der Waals surface area contributed by atoms with Crippen molar-refractivity contribution in [2.24, 2.45) is 0 Å². The van der Waals surface area contributed by atoms with Crippen LogP contribution in [0.1, 0.15) is 12.0 Å². The molecule has 0 fully saturated rings. The zero-order valence-electron chi connectivity index (χ0n) is 14.6. The van der Waals surface area contributed by atoms with E-state index in [1.165, 1.54) is 21.3 Å². The molecule has 0 atom stereocenters. The van der Waals surface area contributed by atoms with E-state index in [1.54, 1.807) is 12.1 Å². The highest BCUT2D eigenvalue weighted by Crippen LogP contribution is 2.40. The topological polar surface area (TPSA) is 73.9 Å². The van der Waals surface area contributed by atoms with Gasteiger partial charge in [-0.25, -0.2) is 8.42 Å². The van der Waals surface area contributed by atoms with E-state index >= 15 is 0 Å². The molecule has 0 aliphatic carbocycles. The fourth-order valence-electron chi connectivity index (χ4n) is 2.48. The van der Waals surface area contributed by atoms with Crippen molar-refractivity contribution in [2.45, 2.75) is 12.8 Å². The molecule has 6 nitrogen and oxygen atoms in total. The van der Waals surface area contributed by atoms with Crippen molar-refractivity contribution in [1.82, 2.24) is 0 Å². The highest BCUT2D eigenvalue weighted by molar-refractivity contribution is 7.92. The van der Waals surface area contributed by atoms with Gasteiger partial charge < -0.3 is 14.2 Å². The average Bonchev–Trinajstić information content (AvgIpc) is 2.61. The van der Waals surface area contributed by atoms with Crippen molar-refractivity contribution < 1.29 is 22.6 Å². The number of rotatable bonds is 9. The minimum atomic E-state index is -3.48. The summed E-state index contributed by atoms with van der Waals surface area (Å²) in [7, 11) is 0.981. The van der Waals surface area contributed by atoms with Gasteiger partial charge >= 0.3 is 0 Å². The molecule has 2 aromatic carbocycles. The normalized spacial score (nSPS) is 11.0. The Morgan fingerprint density at radius 3 is 2.04 bits per heavy atom. The number of ether oxygens (including phenoxy) is 3. The monoisotopic (exact) mass is 365 g/mol. The molecule has 0 saturated carbocycles. The quantitative estimate of drug-likeness (QED) is 0.739. The minimum Gasteiger partial charge on any atom is -0.493 e. The molecule has 2 aromatic rings. The van der Waals surface area contributed by atoms with Crippen molar-refractivity contribution in [3.8, 4) is 17.2 Å². The van der Waals surface area contributed by atoms with Gasteiger partial charge in [0.25, 0.3) is 0 Å². The van der Waals surface area contributed by atoms with Crippen molar-refractivity contribution in [2.75, 3.05) is 31.8 Å². The number of anilines is 1. The number of benzene rings is 2. The third kappa shape index (κ3) is 5.29. The van der Waals surface area contributed by atoms with E-state index in [2.05, 4.69) is 4.72 Å². The van der Waals surface area contributed by atoms with Crippen LogP contribution in [0.3, 0.4) is 0 Å². The Labute approximate surface area is 148 Å². The van der Waals surface area contributed by atoms with Gasteiger partial charge in [-0.05, 0) is 18.4 Å². The Morgan fingerprint density at radius 1 is 0.920 bits per heavy atom. The van der Waals surface area contributed by atoms with Gasteiger partial charge in [-0.1, -0.05) is 30.3 Å². The molecule has 0 spiro atoms. The fraction of sp³-hybridized carbons (Fsp3) is 0.333. The van der Waals surface area contributed by atoms with Crippen molar-refractivity contribution >= 4 is 15.7 Å². The van der Waals surface area contributed by atoms with Gasteiger partial charge in [-0.3, -0.25) is 4.72 Å². The molecule has 0 aliphatic heterocycles. The van der Waals surface area contributed by atoms with Crippen LogP contribution in [0.2, 0.25) is 0 Å². The van der Waals surface area contributed by atoms with Crippen molar-refractivity contribution in [3.05, 3.63) is 48.0 Å². The summed E-state index contributed by atoms with van der Waals surface area (Å²) in [6, 6.07) is 12.9. The summed E-state index contributed by atoms with van der Waals surface area (Å²) < 4.78 is 42.9. The molecule has 0 amide bonds. The Balaban J connectivity index is 2.06. The zero-order valence-corrected chi connectivity index (χ0v) is 15.4. The molecule has 0 saturated heterocycles. The van der Waals surface area contributed by atoms with Crippen LogP contribution >= 0.6 is 0 Å². The van der Waals surface area contributed by atoms with Gasteiger partial charge in [-0.2, -0.15) is 0 Å². The lowest BCUT2D eigenvalue weighted by atomic mass is 10.1. The standard InChI is InChI=1S/C18H23NO5S/c1-22-16-12-15(13-17(23-2)18(16)24-3)19-25(20,21)11-7-10-14-8-5-4-6-9-14/h4-6,8-9,12-13,19H,7,10-11H2,1-3H3. The number of methoxy groups -OCH3 is 3. The minimum absolute atomic E-state index is 0.0263. The molecule has 0 radical (unpaired) electrons. The molecular formula is C18H23NO5S. The summed E-state index contributed by atoms with van der Waals surface area (Å²) >= 11 is 0. The highest BCUT2D eigenvalue weighted by Gasteiger charge is 2.16. The van der Waals surface area contributed by atoms with Gasteiger partial charge in [0, 0.05) is 12.1 Å². The molecule has 7 heteroatoms. The third-order valence-electron chi connectivity index (χ3n) is 3.66. The number of aryl methyl sites for hydroxylation is 1. The first-order valence-corrected chi connectivity index (χ1v) is 9.48. The van der Waals surface area contributed by atoms with Crippen LogP contribution in [0.15, 0.2) is 42.5 Å². The molecule has 1 N–H and O–H groups in total. The lowest BCUT2D eigenvalue weighted by Crippen LogP contribution is -2.17. The van der Waals surface area contributed by atoms with E-state index in [-0.39, 0.29) is 5.75 Å². The van der Waals surface area contributed by atoms with Gasteiger partial charge in [0.2, 0.25) is 15.8 Å². The second kappa shape index (κ2) is 8.62. The summed E-state index contributed by atoms with van der Waals surface area (Å²) in [5.41, 5.74) is 1.49. The number of hydrogen-bond donors (Lipinski definition) is 1. The Bertz CT molecular complexity index is 765. The van der Waals surface area contributed by atoms with Crippen LogP contribution in [-0.2, 0) is 16.4 Å². The van der Waals surface area contributed by atoms with Gasteiger partial charge in [0.15, 0.2) is 11.5 Å². The first kappa shape index (κ1) is 18.9. The average molecular weight is 365 g/mol. The van der Waals surface area contributed by atoms with E-state index < -0.39 is 10.0 Å². The molecule has 0 aliphatic rings. The number of hydrogen-bond acceptors (Lipinski definition) is 5. The van der Waals surface area contributed by atoms with E-state index in [1.807, 2.05) is 30.3 Å². The molecule has 0 aromatic heterocycles. The lowest BCUT2D eigenvalue weighted by Gasteiger charge is -2.15. The van der Waals surface area contributed by atoms with Crippen LogP contribution < -0.4 is 18.9 Å². The molecule has 0 bridgehead atoms. The largest absolute Gasteiger partial charge is 0.493 e. The first-order chi connectivity index (χ1) is 12.0. The van der Waals surface area contributed by atoms with E-state index in [0.717, 1.165) is 5.56 Å². The lowest BCUT2D eigenvalue weighted by molar-refractivity contribution is 0.325. The second-order valence-electron chi connectivity index (χ2n) is 5.42. The van der Waals surface area contributed by atoms with Crippen LogP contribution in [0.5, 0.6) is 17.2 Å². The SMILES string of the molecule is COc1cc(NS(=O)(=O)CCCc2ccccc2)cc(OC)c1OC. The van der Waals surface area contributed by atoms with Crippen LogP contribution in [0.25, 0.3) is 0 Å². The zero-order chi connectivity index (χ0) is 18.3. The molecule has 0 unspecified atom stereocenters. The van der Waals surface area contributed by atoms with Gasteiger partial charge in [0.05, 0.1) is 32.8 Å². The van der Waals surface area contributed by atoms with Crippen molar-refractivity contribution in [3.63, 3.8) is 0 Å². The number of sulfonamides is 1.